The summed E-state index contributed by atoms with van der Waals surface area (Å²) in [7, 11) is 0. The first-order valence-corrected chi connectivity index (χ1v) is 7.00. The number of aryl methyl sites for hydroxylation is 1. The van der Waals surface area contributed by atoms with Crippen molar-refractivity contribution in [2.45, 2.75) is 19.4 Å². The van der Waals surface area contributed by atoms with Crippen LogP contribution in [-0.4, -0.2) is 71.2 Å². The van der Waals surface area contributed by atoms with Crippen LogP contribution in [-0.2, 0) is 0 Å². The molecule has 0 aliphatic carbocycles. The van der Waals surface area contributed by atoms with Gasteiger partial charge in [-0.05, 0) is 19.4 Å². The number of hydrogen-bond acceptors (Lipinski definition) is 4. The number of carbonyl (C=O) groups is 1. The van der Waals surface area contributed by atoms with E-state index in [1.807, 2.05) is 17.9 Å². The Morgan fingerprint density at radius 3 is 2.75 bits per heavy atom. The Morgan fingerprint density at radius 1 is 1.35 bits per heavy atom. The van der Waals surface area contributed by atoms with Crippen LogP contribution in [0.3, 0.4) is 0 Å². The van der Waals surface area contributed by atoms with Gasteiger partial charge < -0.3 is 10.2 Å². The third-order valence-corrected chi connectivity index (χ3v) is 4.04. The minimum atomic E-state index is 0. The van der Waals surface area contributed by atoms with E-state index in [1.54, 1.807) is 0 Å². The maximum absolute atomic E-state index is 12.3. The maximum Gasteiger partial charge on any atom is 0.274 e. The summed E-state index contributed by atoms with van der Waals surface area (Å²) in [5.41, 5.74) is 1.47. The quantitative estimate of drug-likeness (QED) is 0.822. The van der Waals surface area contributed by atoms with Gasteiger partial charge in [0.25, 0.3) is 5.91 Å². The van der Waals surface area contributed by atoms with Crippen LogP contribution < -0.4 is 5.32 Å². The van der Waals surface area contributed by atoms with Crippen LogP contribution in [0.5, 0.6) is 0 Å². The average Bonchev–Trinajstić information content (AvgIpc) is 3.08. The number of amides is 1. The molecule has 0 spiro atoms. The molecule has 2 aliphatic rings. The molecule has 0 aromatic carbocycles. The van der Waals surface area contributed by atoms with Crippen molar-refractivity contribution >= 4 is 18.3 Å². The van der Waals surface area contributed by atoms with Gasteiger partial charge in [-0.2, -0.15) is 5.10 Å². The number of nitrogens with one attached hydrogen (secondary N) is 2. The molecule has 3 rings (SSSR count). The van der Waals surface area contributed by atoms with E-state index in [0.29, 0.717) is 11.7 Å². The number of nitrogens with zero attached hydrogens (tertiary/aromatic N) is 3. The summed E-state index contributed by atoms with van der Waals surface area (Å²) in [4.78, 5) is 16.7. The lowest BCUT2D eigenvalue weighted by atomic mass is 10.2. The second-order valence-electron chi connectivity index (χ2n) is 5.42. The molecule has 0 radical (unpaired) electrons. The van der Waals surface area contributed by atoms with Crippen molar-refractivity contribution in [2.75, 3.05) is 39.3 Å². The number of halogens is 1. The SMILES string of the molecule is Cc1cc(C(=O)N2CCC(N3CCNCC3)C2)n[nH]1.Cl. The Bertz CT molecular complexity index is 457. The molecule has 1 atom stereocenters. The number of aromatic amines is 1. The zero-order valence-electron chi connectivity index (χ0n) is 11.8. The number of likely N-dealkylation sites (tertiary alicyclic amines) is 1. The number of carbonyl (C=O) groups excluding carboxylic acids is 1. The van der Waals surface area contributed by atoms with Crippen molar-refractivity contribution in [1.82, 2.24) is 25.3 Å². The van der Waals surface area contributed by atoms with Crippen molar-refractivity contribution in [2.24, 2.45) is 0 Å². The largest absolute Gasteiger partial charge is 0.336 e. The topological polar surface area (TPSA) is 64.3 Å². The normalized spacial score (nSPS) is 23.6. The Labute approximate surface area is 125 Å². The predicted octanol–water partition coefficient (Wildman–Crippen LogP) is 0.260. The summed E-state index contributed by atoms with van der Waals surface area (Å²) in [6, 6.07) is 2.34. The van der Waals surface area contributed by atoms with Crippen molar-refractivity contribution in [3.8, 4) is 0 Å². The molecule has 1 aromatic rings. The molecular formula is C13H22ClN5O. The van der Waals surface area contributed by atoms with Gasteiger partial charge in [-0.1, -0.05) is 0 Å². The highest BCUT2D eigenvalue weighted by Gasteiger charge is 2.31. The molecular weight excluding hydrogens is 278 g/mol. The lowest BCUT2D eigenvalue weighted by Gasteiger charge is -2.32. The smallest absolute Gasteiger partial charge is 0.274 e. The van der Waals surface area contributed by atoms with E-state index in [9.17, 15) is 4.79 Å². The predicted molar refractivity (Wildman–Crippen MR) is 79.3 cm³/mol. The Hall–Kier alpha value is -1.11. The number of hydrogen-bond donors (Lipinski definition) is 2. The second kappa shape index (κ2) is 6.56. The third-order valence-electron chi connectivity index (χ3n) is 4.04. The van der Waals surface area contributed by atoms with Crippen LogP contribution in [0, 0.1) is 6.92 Å². The highest BCUT2D eigenvalue weighted by atomic mass is 35.5. The zero-order chi connectivity index (χ0) is 13.2. The minimum absolute atomic E-state index is 0. The molecule has 0 saturated carbocycles. The van der Waals surface area contributed by atoms with Gasteiger partial charge >= 0.3 is 0 Å². The molecule has 3 heterocycles. The molecule has 2 fully saturated rings. The molecule has 0 bridgehead atoms. The van der Waals surface area contributed by atoms with Crippen molar-refractivity contribution in [1.29, 1.82) is 0 Å². The minimum Gasteiger partial charge on any atom is -0.336 e. The average molecular weight is 300 g/mol. The van der Waals surface area contributed by atoms with Crippen molar-refractivity contribution in [3.63, 3.8) is 0 Å². The van der Waals surface area contributed by atoms with Crippen molar-refractivity contribution in [3.05, 3.63) is 17.5 Å². The zero-order valence-corrected chi connectivity index (χ0v) is 12.6. The van der Waals surface area contributed by atoms with Crippen LogP contribution in [0.25, 0.3) is 0 Å². The highest BCUT2D eigenvalue weighted by Crippen LogP contribution is 2.18. The van der Waals surface area contributed by atoms with Gasteiger partial charge in [0.2, 0.25) is 0 Å². The highest BCUT2D eigenvalue weighted by molar-refractivity contribution is 5.92. The molecule has 112 valence electrons. The monoisotopic (exact) mass is 299 g/mol. The van der Waals surface area contributed by atoms with Gasteiger partial charge in [0.15, 0.2) is 0 Å². The molecule has 2 saturated heterocycles. The standard InChI is InChI=1S/C13H21N5O.ClH/c1-10-8-12(16-15-10)13(19)18-5-2-11(9-18)17-6-3-14-4-7-17;/h8,11,14H,2-7,9H2,1H3,(H,15,16);1H. The van der Waals surface area contributed by atoms with Gasteiger partial charge in [-0.25, -0.2) is 0 Å². The van der Waals surface area contributed by atoms with E-state index in [0.717, 1.165) is 51.4 Å². The van der Waals surface area contributed by atoms with E-state index < -0.39 is 0 Å². The Morgan fingerprint density at radius 2 is 2.10 bits per heavy atom. The molecule has 7 heteroatoms. The van der Waals surface area contributed by atoms with Crippen molar-refractivity contribution < 1.29 is 4.79 Å². The first kappa shape index (κ1) is 15.3. The molecule has 20 heavy (non-hydrogen) atoms. The van der Waals surface area contributed by atoms with Crippen LogP contribution in [0.2, 0.25) is 0 Å². The van der Waals surface area contributed by atoms with Crippen LogP contribution in [0.1, 0.15) is 22.6 Å². The van der Waals surface area contributed by atoms with E-state index in [-0.39, 0.29) is 18.3 Å². The molecule has 1 unspecified atom stereocenters. The maximum atomic E-state index is 12.3. The van der Waals surface area contributed by atoms with E-state index in [1.165, 1.54) is 0 Å². The van der Waals surface area contributed by atoms with Gasteiger partial charge in [-0.15, -0.1) is 12.4 Å². The summed E-state index contributed by atoms with van der Waals surface area (Å²) >= 11 is 0. The van der Waals surface area contributed by atoms with Gasteiger partial charge in [0.05, 0.1) is 0 Å². The van der Waals surface area contributed by atoms with E-state index in [2.05, 4.69) is 20.4 Å². The lowest BCUT2D eigenvalue weighted by Crippen LogP contribution is -2.49. The van der Waals surface area contributed by atoms with Gasteiger partial charge in [0.1, 0.15) is 5.69 Å². The summed E-state index contributed by atoms with van der Waals surface area (Å²) in [5.74, 6) is 0.0574. The summed E-state index contributed by atoms with van der Waals surface area (Å²) in [6.45, 7) is 7.90. The Kier molecular flexibility index (Phi) is 5.01. The summed E-state index contributed by atoms with van der Waals surface area (Å²) < 4.78 is 0. The number of H-pyrrole nitrogens is 1. The number of rotatable bonds is 2. The van der Waals surface area contributed by atoms with Gasteiger partial charge in [-0.3, -0.25) is 14.8 Å². The first-order valence-electron chi connectivity index (χ1n) is 7.00. The third kappa shape index (κ3) is 3.13. The molecule has 2 N–H and O–H groups in total. The number of piperazine rings is 1. The second-order valence-corrected chi connectivity index (χ2v) is 5.42. The fraction of sp³-hybridized carbons (Fsp3) is 0.692. The summed E-state index contributed by atoms with van der Waals surface area (Å²) in [6.07, 6.45) is 1.08. The van der Waals surface area contributed by atoms with Crippen LogP contribution in [0.4, 0.5) is 0 Å². The molecule has 1 amide bonds. The van der Waals surface area contributed by atoms with Crippen LogP contribution in [0.15, 0.2) is 6.07 Å². The fourth-order valence-corrected chi connectivity index (χ4v) is 2.96. The molecule has 1 aromatic heterocycles. The first-order chi connectivity index (χ1) is 9.24. The Balaban J connectivity index is 0.00000147. The number of aromatic nitrogens is 2. The van der Waals surface area contributed by atoms with E-state index >= 15 is 0 Å². The van der Waals surface area contributed by atoms with Gasteiger partial charge in [0, 0.05) is 51.0 Å². The lowest BCUT2D eigenvalue weighted by molar-refractivity contribution is 0.0767. The van der Waals surface area contributed by atoms with E-state index in [4.69, 9.17) is 0 Å². The van der Waals surface area contributed by atoms with Crippen LogP contribution >= 0.6 is 12.4 Å². The molecule has 2 aliphatic heterocycles. The molecule has 6 nitrogen and oxygen atoms in total. The fourth-order valence-electron chi connectivity index (χ4n) is 2.96. The summed E-state index contributed by atoms with van der Waals surface area (Å²) in [5, 5.41) is 10.3.